The fourth-order valence-corrected chi connectivity index (χ4v) is 4.98. The van der Waals surface area contributed by atoms with E-state index in [1.165, 1.54) is 10.4 Å². The van der Waals surface area contributed by atoms with E-state index in [9.17, 15) is 0 Å². The van der Waals surface area contributed by atoms with Crippen LogP contribution in [-0.2, 0) is 6.54 Å². The minimum atomic E-state index is 0.187. The van der Waals surface area contributed by atoms with Crippen LogP contribution in [0.4, 0.5) is 0 Å². The van der Waals surface area contributed by atoms with Crippen LogP contribution >= 0.6 is 66.1 Å². The van der Waals surface area contributed by atoms with Crippen molar-refractivity contribution >= 4 is 66.1 Å². The third-order valence-corrected chi connectivity index (χ3v) is 6.93. The van der Waals surface area contributed by atoms with Gasteiger partial charge in [-0.2, -0.15) is 0 Å². The predicted molar refractivity (Wildman–Crippen MR) is 92.3 cm³/mol. The zero-order chi connectivity index (χ0) is 14.0. The minimum absolute atomic E-state index is 0.187. The summed E-state index contributed by atoms with van der Waals surface area (Å²) in [6, 6.07) is 4.39. The molecule has 2 aromatic rings. The molecular weight excluding hydrogens is 432 g/mol. The molecule has 0 radical (unpaired) electrons. The molecule has 2 nitrogen and oxygen atoms in total. The molecule has 2 N–H and O–H groups in total. The fraction of sp³-hybridized carbons (Fsp3) is 0.333. The lowest BCUT2D eigenvalue weighted by Gasteiger charge is -2.25. The van der Waals surface area contributed by atoms with Crippen LogP contribution in [0.3, 0.4) is 0 Å². The van der Waals surface area contributed by atoms with Crippen molar-refractivity contribution in [1.82, 2.24) is 4.90 Å². The van der Waals surface area contributed by atoms with E-state index in [1.807, 2.05) is 0 Å². The van der Waals surface area contributed by atoms with Gasteiger partial charge in [-0.25, -0.2) is 0 Å². The number of nitrogens with two attached hydrogens (primary N) is 1. The van der Waals surface area contributed by atoms with Crippen molar-refractivity contribution in [2.24, 2.45) is 5.73 Å². The summed E-state index contributed by atoms with van der Waals surface area (Å²) in [5, 5.41) is 2.16. The number of halogens is 3. The first kappa shape index (κ1) is 15.9. The van der Waals surface area contributed by atoms with E-state index in [2.05, 4.69) is 61.3 Å². The number of rotatable bonds is 5. The first-order valence-corrected chi connectivity index (χ1v) is 9.25. The SMILES string of the molecule is CN(Cc1csc(Br)c1)C(CN)c1cc(Br)c(Cl)s1. The molecule has 19 heavy (non-hydrogen) atoms. The molecule has 2 aromatic heterocycles. The molecule has 2 rings (SSSR count). The summed E-state index contributed by atoms with van der Waals surface area (Å²) in [6.07, 6.45) is 0. The third kappa shape index (κ3) is 4.03. The largest absolute Gasteiger partial charge is 0.329 e. The van der Waals surface area contributed by atoms with Crippen LogP contribution in [-0.4, -0.2) is 18.5 Å². The molecule has 0 saturated heterocycles. The van der Waals surface area contributed by atoms with E-state index >= 15 is 0 Å². The number of likely N-dealkylation sites (N-methyl/N-ethyl adjacent to an activating group) is 1. The average Bonchev–Trinajstić information content (AvgIpc) is 2.88. The van der Waals surface area contributed by atoms with E-state index in [0.29, 0.717) is 6.54 Å². The Bertz CT molecular complexity index is 536. The molecule has 0 aliphatic heterocycles. The van der Waals surface area contributed by atoms with Crippen LogP contribution in [0.25, 0.3) is 0 Å². The Morgan fingerprint density at radius 2 is 2.16 bits per heavy atom. The zero-order valence-electron chi connectivity index (χ0n) is 10.2. The average molecular weight is 445 g/mol. The molecule has 0 amide bonds. The second-order valence-electron chi connectivity index (χ2n) is 4.20. The van der Waals surface area contributed by atoms with Gasteiger partial charge in [0.25, 0.3) is 0 Å². The zero-order valence-corrected chi connectivity index (χ0v) is 15.8. The number of thiophene rings is 2. The van der Waals surface area contributed by atoms with E-state index in [1.54, 1.807) is 22.7 Å². The Kier molecular flexibility index (Phi) is 5.90. The highest BCUT2D eigenvalue weighted by Gasteiger charge is 2.19. The van der Waals surface area contributed by atoms with Crippen molar-refractivity contribution < 1.29 is 0 Å². The quantitative estimate of drug-likeness (QED) is 0.694. The molecular formula is C12H13Br2ClN2S2. The smallest absolute Gasteiger partial charge is 0.107 e. The molecule has 0 aliphatic carbocycles. The van der Waals surface area contributed by atoms with Crippen molar-refractivity contribution in [3.05, 3.63) is 40.5 Å². The monoisotopic (exact) mass is 442 g/mol. The van der Waals surface area contributed by atoms with Crippen molar-refractivity contribution in [2.45, 2.75) is 12.6 Å². The van der Waals surface area contributed by atoms with Gasteiger partial charge in [0.15, 0.2) is 0 Å². The van der Waals surface area contributed by atoms with E-state index < -0.39 is 0 Å². The fourth-order valence-electron chi connectivity index (χ4n) is 1.87. The number of nitrogens with zero attached hydrogens (tertiary/aromatic N) is 1. The predicted octanol–water partition coefficient (Wildman–Crippen LogP) is 5.12. The maximum atomic E-state index is 6.11. The van der Waals surface area contributed by atoms with Gasteiger partial charge >= 0.3 is 0 Å². The summed E-state index contributed by atoms with van der Waals surface area (Å²) >= 11 is 16.3. The number of hydrogen-bond acceptors (Lipinski definition) is 4. The van der Waals surface area contributed by atoms with Gasteiger partial charge in [-0.3, -0.25) is 4.90 Å². The second-order valence-corrected chi connectivity index (χ2v) is 9.03. The van der Waals surface area contributed by atoms with Gasteiger partial charge in [-0.15, -0.1) is 22.7 Å². The van der Waals surface area contributed by atoms with Crippen molar-refractivity contribution in [2.75, 3.05) is 13.6 Å². The summed E-state index contributed by atoms with van der Waals surface area (Å²) < 4.78 is 2.88. The van der Waals surface area contributed by atoms with Gasteiger partial charge in [-0.05, 0) is 62.0 Å². The van der Waals surface area contributed by atoms with E-state index in [-0.39, 0.29) is 6.04 Å². The highest BCUT2D eigenvalue weighted by molar-refractivity contribution is 9.11. The molecule has 0 bridgehead atoms. The summed E-state index contributed by atoms with van der Waals surface area (Å²) in [7, 11) is 2.09. The van der Waals surface area contributed by atoms with Crippen molar-refractivity contribution in [1.29, 1.82) is 0 Å². The Balaban J connectivity index is 2.12. The maximum absolute atomic E-state index is 6.11. The van der Waals surface area contributed by atoms with Crippen molar-refractivity contribution in [3.8, 4) is 0 Å². The Hall–Kier alpha value is 0.570. The number of hydrogen-bond donors (Lipinski definition) is 1. The molecule has 0 spiro atoms. The summed E-state index contributed by atoms with van der Waals surface area (Å²) in [5.41, 5.74) is 7.22. The lowest BCUT2D eigenvalue weighted by molar-refractivity contribution is 0.245. The Morgan fingerprint density at radius 3 is 2.63 bits per heavy atom. The normalized spacial score (nSPS) is 13.2. The minimum Gasteiger partial charge on any atom is -0.329 e. The summed E-state index contributed by atoms with van der Waals surface area (Å²) in [4.78, 5) is 3.44. The lowest BCUT2D eigenvalue weighted by atomic mass is 10.2. The molecule has 2 heterocycles. The molecule has 1 atom stereocenters. The van der Waals surface area contributed by atoms with Crippen molar-refractivity contribution in [3.63, 3.8) is 0 Å². The highest BCUT2D eigenvalue weighted by atomic mass is 79.9. The van der Waals surface area contributed by atoms with Gasteiger partial charge in [0.05, 0.1) is 9.83 Å². The van der Waals surface area contributed by atoms with Crippen LogP contribution in [0.15, 0.2) is 25.8 Å². The van der Waals surface area contributed by atoms with Gasteiger partial charge < -0.3 is 5.73 Å². The van der Waals surface area contributed by atoms with Crippen LogP contribution in [0.5, 0.6) is 0 Å². The molecule has 7 heteroatoms. The highest BCUT2D eigenvalue weighted by Crippen LogP contribution is 2.37. The van der Waals surface area contributed by atoms with Gasteiger partial charge in [0.2, 0.25) is 0 Å². The molecule has 1 unspecified atom stereocenters. The van der Waals surface area contributed by atoms with Crippen LogP contribution in [0, 0.1) is 0 Å². The van der Waals surface area contributed by atoms with E-state index in [4.69, 9.17) is 17.3 Å². The second kappa shape index (κ2) is 7.02. The molecule has 0 saturated carbocycles. The Labute approximate surface area is 142 Å². The summed E-state index contributed by atoms with van der Waals surface area (Å²) in [6.45, 7) is 1.45. The van der Waals surface area contributed by atoms with Crippen LogP contribution in [0.2, 0.25) is 4.34 Å². The topological polar surface area (TPSA) is 29.3 Å². The van der Waals surface area contributed by atoms with Gasteiger partial charge in [0.1, 0.15) is 4.34 Å². The maximum Gasteiger partial charge on any atom is 0.107 e. The molecule has 0 aromatic carbocycles. The molecule has 104 valence electrons. The van der Waals surface area contributed by atoms with Gasteiger partial charge in [0, 0.05) is 22.4 Å². The van der Waals surface area contributed by atoms with Crippen LogP contribution in [0.1, 0.15) is 16.5 Å². The third-order valence-electron chi connectivity index (χ3n) is 2.80. The van der Waals surface area contributed by atoms with Gasteiger partial charge in [-0.1, -0.05) is 11.6 Å². The molecule has 0 fully saturated rings. The van der Waals surface area contributed by atoms with E-state index in [0.717, 1.165) is 19.1 Å². The molecule has 0 aliphatic rings. The Morgan fingerprint density at radius 1 is 1.42 bits per heavy atom. The first-order chi connectivity index (χ1) is 9.01. The lowest BCUT2D eigenvalue weighted by Crippen LogP contribution is -2.29. The standard InChI is InChI=1S/C12H13Br2ClN2S2/c1-17(5-7-2-11(14)18-6-7)9(4-16)10-3-8(13)12(15)19-10/h2-3,6,9H,4-5,16H2,1H3. The summed E-state index contributed by atoms with van der Waals surface area (Å²) in [5.74, 6) is 0. The first-order valence-electron chi connectivity index (χ1n) is 5.59. The van der Waals surface area contributed by atoms with Crippen LogP contribution < -0.4 is 5.73 Å².